The number of rotatable bonds is 0. The van der Waals surface area contributed by atoms with Crippen LogP contribution in [0.15, 0.2) is 24.3 Å². The van der Waals surface area contributed by atoms with Crippen LogP contribution in [-0.4, -0.2) is 10.2 Å². The summed E-state index contributed by atoms with van der Waals surface area (Å²) >= 11 is 0. The molecule has 1 rings (SSSR count). The van der Waals surface area contributed by atoms with Gasteiger partial charge in [0.1, 0.15) is 0 Å². The lowest BCUT2D eigenvalue weighted by atomic mass is 10.4. The Balaban J connectivity index is 3.02. The maximum atomic E-state index is 3.09. The maximum absolute atomic E-state index is 3.09. The predicted octanol–water partition coefficient (Wildman–Crippen LogP) is -0.523. The highest BCUT2D eigenvalue weighted by Gasteiger charge is 1.73. The molecule has 0 spiro atoms. The van der Waals surface area contributed by atoms with Gasteiger partial charge in [0, 0.05) is 10.2 Å². The van der Waals surface area contributed by atoms with Crippen LogP contribution in [0.2, 0.25) is 0 Å². The smallest absolute Gasteiger partial charge is 0.0393 e. The Morgan fingerprint density at radius 3 is 2.57 bits per heavy atom. The molecule has 0 aliphatic carbocycles. The number of hydrogen-bond acceptors (Lipinski definition) is 0. The van der Waals surface area contributed by atoms with Crippen molar-refractivity contribution >= 4 is 15.4 Å². The van der Waals surface area contributed by atoms with Crippen molar-refractivity contribution in [3.63, 3.8) is 0 Å². The van der Waals surface area contributed by atoms with Crippen LogP contribution < -0.4 is 5.19 Å². The van der Waals surface area contributed by atoms with Gasteiger partial charge in [0.15, 0.2) is 0 Å². The van der Waals surface area contributed by atoms with Gasteiger partial charge in [-0.15, -0.1) is 0 Å². The first-order chi connectivity index (χ1) is 3.39. The van der Waals surface area contributed by atoms with E-state index < -0.39 is 0 Å². The second kappa shape index (κ2) is 1.94. The molecule has 0 atom stereocenters. The molecule has 0 saturated carbocycles. The zero-order valence-corrected chi connectivity index (χ0v) is 6.31. The first-order valence-electron chi connectivity index (χ1n) is 2.33. The van der Waals surface area contributed by atoms with Gasteiger partial charge in [-0.05, 0) is 6.07 Å². The molecule has 7 heavy (non-hydrogen) atoms. The summed E-state index contributed by atoms with van der Waals surface area (Å²) in [6, 6.07) is 11.2. The summed E-state index contributed by atoms with van der Waals surface area (Å²) in [5.74, 6) is 0. The molecule has 0 aliphatic heterocycles. The minimum Gasteiger partial charge on any atom is -0.0634 e. The zero-order chi connectivity index (χ0) is 5.11. The zero-order valence-electron chi connectivity index (χ0n) is 4.31. The van der Waals surface area contributed by atoms with Crippen LogP contribution in [0.5, 0.6) is 0 Å². The molecule has 0 nitrogen and oxygen atoms in total. The van der Waals surface area contributed by atoms with E-state index in [1.165, 1.54) is 5.19 Å². The number of benzene rings is 1. The highest BCUT2D eigenvalue weighted by atomic mass is 28.1. The highest BCUT2D eigenvalue weighted by Crippen LogP contribution is 1.75. The molecule has 0 aromatic heterocycles. The standard InChI is InChI=1S/C6H7Si/c7-6-4-2-1-3-5-6/h1-4H,7H3. The molecule has 0 bridgehead atoms. The topological polar surface area (TPSA) is 0 Å². The molecule has 0 amide bonds. The van der Waals surface area contributed by atoms with Crippen LogP contribution in [0.1, 0.15) is 0 Å². The van der Waals surface area contributed by atoms with Gasteiger partial charge in [0.25, 0.3) is 0 Å². The Bertz CT molecular complexity index is 134. The van der Waals surface area contributed by atoms with Crippen LogP contribution in [0.25, 0.3) is 0 Å². The van der Waals surface area contributed by atoms with E-state index in [0.717, 1.165) is 10.2 Å². The third-order valence-corrected chi connectivity index (χ3v) is 1.49. The van der Waals surface area contributed by atoms with Gasteiger partial charge >= 0.3 is 0 Å². The SMILES string of the molecule is [SiH3]c1[c]cccc1. The fraction of sp³-hybridized carbons (Fsp3) is 0. The number of hydrogen-bond donors (Lipinski definition) is 0. The summed E-state index contributed by atoms with van der Waals surface area (Å²) < 4.78 is 0. The van der Waals surface area contributed by atoms with Crippen LogP contribution in [0.3, 0.4) is 0 Å². The van der Waals surface area contributed by atoms with E-state index in [-0.39, 0.29) is 0 Å². The molecule has 0 unspecified atom stereocenters. The molecular formula is C6H7Si. The van der Waals surface area contributed by atoms with E-state index in [1.807, 2.05) is 18.2 Å². The van der Waals surface area contributed by atoms with Crippen LogP contribution in [0.4, 0.5) is 0 Å². The van der Waals surface area contributed by atoms with E-state index in [2.05, 4.69) is 12.1 Å². The quantitative estimate of drug-likeness (QED) is 0.391. The van der Waals surface area contributed by atoms with Crippen molar-refractivity contribution in [1.29, 1.82) is 0 Å². The summed E-state index contributed by atoms with van der Waals surface area (Å²) in [5.41, 5.74) is 0. The molecule has 35 valence electrons. The lowest BCUT2D eigenvalue weighted by Crippen LogP contribution is -1.98. The Kier molecular flexibility index (Phi) is 1.27. The third-order valence-electron chi connectivity index (χ3n) is 0.865. The van der Waals surface area contributed by atoms with Gasteiger partial charge in [-0.2, -0.15) is 0 Å². The van der Waals surface area contributed by atoms with Gasteiger partial charge < -0.3 is 0 Å². The van der Waals surface area contributed by atoms with E-state index in [4.69, 9.17) is 0 Å². The fourth-order valence-corrected chi connectivity index (χ4v) is 0.842. The van der Waals surface area contributed by atoms with E-state index >= 15 is 0 Å². The molecule has 0 fully saturated rings. The lowest BCUT2D eigenvalue weighted by Gasteiger charge is -1.81. The van der Waals surface area contributed by atoms with Crippen LogP contribution >= 0.6 is 0 Å². The van der Waals surface area contributed by atoms with Crippen molar-refractivity contribution in [2.75, 3.05) is 0 Å². The maximum Gasteiger partial charge on any atom is 0.0393 e. The lowest BCUT2D eigenvalue weighted by molar-refractivity contribution is 1.76. The van der Waals surface area contributed by atoms with E-state index in [1.54, 1.807) is 0 Å². The van der Waals surface area contributed by atoms with Gasteiger partial charge in [0.05, 0.1) is 0 Å². The van der Waals surface area contributed by atoms with Crippen LogP contribution in [0, 0.1) is 6.07 Å². The van der Waals surface area contributed by atoms with Crippen LogP contribution in [-0.2, 0) is 0 Å². The monoisotopic (exact) mass is 107 g/mol. The van der Waals surface area contributed by atoms with Gasteiger partial charge in [0.2, 0.25) is 0 Å². The summed E-state index contributed by atoms with van der Waals surface area (Å²) in [7, 11) is 1.12. The fourth-order valence-electron chi connectivity index (χ4n) is 0.483. The molecular weight excluding hydrogens is 100 g/mol. The average molecular weight is 107 g/mol. The molecule has 0 N–H and O–H groups in total. The summed E-state index contributed by atoms with van der Waals surface area (Å²) in [4.78, 5) is 0. The molecule has 0 aliphatic rings. The van der Waals surface area contributed by atoms with E-state index in [0.29, 0.717) is 0 Å². The van der Waals surface area contributed by atoms with Crippen molar-refractivity contribution in [3.05, 3.63) is 30.3 Å². The molecule has 1 aromatic rings. The van der Waals surface area contributed by atoms with Gasteiger partial charge in [-0.3, -0.25) is 0 Å². The first kappa shape index (κ1) is 4.59. The third kappa shape index (κ3) is 1.16. The molecule has 0 saturated heterocycles. The molecule has 1 aromatic carbocycles. The van der Waals surface area contributed by atoms with Crippen molar-refractivity contribution in [2.24, 2.45) is 0 Å². The Labute approximate surface area is 46.6 Å². The van der Waals surface area contributed by atoms with E-state index in [9.17, 15) is 0 Å². The second-order valence-corrected chi connectivity index (χ2v) is 2.62. The molecule has 1 heteroatoms. The Morgan fingerprint density at radius 2 is 2.29 bits per heavy atom. The van der Waals surface area contributed by atoms with Gasteiger partial charge in [-0.25, -0.2) is 0 Å². The second-order valence-electron chi connectivity index (χ2n) is 1.55. The van der Waals surface area contributed by atoms with Crippen molar-refractivity contribution in [2.45, 2.75) is 0 Å². The summed E-state index contributed by atoms with van der Waals surface area (Å²) in [6.45, 7) is 0. The largest absolute Gasteiger partial charge is 0.0634 e. The van der Waals surface area contributed by atoms with Crippen molar-refractivity contribution in [1.82, 2.24) is 0 Å². The summed E-state index contributed by atoms with van der Waals surface area (Å²) in [6.07, 6.45) is 0. The Hall–Kier alpha value is -0.563. The highest BCUT2D eigenvalue weighted by molar-refractivity contribution is 6.31. The molecule has 0 heterocycles. The minimum absolute atomic E-state index is 1.12. The van der Waals surface area contributed by atoms with Crippen molar-refractivity contribution in [3.8, 4) is 0 Å². The normalized spacial score (nSPS) is 9.14. The van der Waals surface area contributed by atoms with Gasteiger partial charge in [-0.1, -0.05) is 29.5 Å². The average Bonchev–Trinajstić information content (AvgIpc) is 1.69. The Morgan fingerprint density at radius 1 is 1.43 bits per heavy atom. The predicted molar refractivity (Wildman–Crippen MR) is 34.9 cm³/mol. The van der Waals surface area contributed by atoms with Crippen molar-refractivity contribution < 1.29 is 0 Å². The minimum atomic E-state index is 1.12. The summed E-state index contributed by atoms with van der Waals surface area (Å²) in [5, 5.41) is 1.34. The molecule has 1 radical (unpaired) electrons. The first-order valence-corrected chi connectivity index (χ1v) is 3.33.